The molecular formula is C64H67F2N7O11S. The van der Waals surface area contributed by atoms with Crippen LogP contribution in [-0.2, 0) is 37.0 Å². The number of benzene rings is 5. The first-order chi connectivity index (χ1) is 41.1. The van der Waals surface area contributed by atoms with Gasteiger partial charge in [-0.15, -0.1) is 11.3 Å². The van der Waals surface area contributed by atoms with E-state index in [4.69, 9.17) is 23.7 Å². The highest BCUT2D eigenvalue weighted by Gasteiger charge is 2.56. The molecule has 4 heterocycles. The van der Waals surface area contributed by atoms with Gasteiger partial charge in [-0.05, 0) is 123 Å². The van der Waals surface area contributed by atoms with Crippen molar-refractivity contribution in [3.05, 3.63) is 149 Å². The molecule has 2 aliphatic heterocycles. The number of rotatable bonds is 26. The lowest BCUT2D eigenvalue weighted by Gasteiger charge is -2.35. The van der Waals surface area contributed by atoms with Crippen LogP contribution in [0.4, 0.5) is 20.2 Å². The number of aliphatic hydroxyl groups is 1. The number of pyridine rings is 1. The number of β-amino-alcohol motifs (C(OH)–C–C–N with tert-alkyl or cyclic N) is 1. The van der Waals surface area contributed by atoms with E-state index in [1.807, 2.05) is 51.1 Å². The first-order valence-corrected chi connectivity index (χ1v) is 29.3. The number of fused-ring (bicyclic) bond motifs is 2. The Bertz CT molecular complexity index is 3600. The van der Waals surface area contributed by atoms with Gasteiger partial charge in [0.2, 0.25) is 23.6 Å². The van der Waals surface area contributed by atoms with Gasteiger partial charge in [-0.2, -0.15) is 0 Å². The minimum absolute atomic E-state index is 0.0136. The lowest BCUT2D eigenvalue weighted by Crippen LogP contribution is -2.55. The van der Waals surface area contributed by atoms with E-state index >= 15 is 4.39 Å². The predicted octanol–water partition coefficient (Wildman–Crippen LogP) is 10.4. The maximum absolute atomic E-state index is 15.5. The highest BCUT2D eigenvalue weighted by atomic mass is 32.1. The van der Waals surface area contributed by atoms with Crippen molar-refractivity contribution in [1.29, 1.82) is 0 Å². The average molecular weight is 1180 g/mol. The van der Waals surface area contributed by atoms with Crippen LogP contribution >= 0.6 is 11.3 Å². The number of unbranched alkanes of at least 4 members (excludes halogenated alkanes) is 2. The molecular weight excluding hydrogens is 1110 g/mol. The monoisotopic (exact) mass is 1180 g/mol. The van der Waals surface area contributed by atoms with Crippen LogP contribution in [0.15, 0.2) is 115 Å². The predicted molar refractivity (Wildman–Crippen MR) is 316 cm³/mol. The molecule has 5 amide bonds. The zero-order valence-corrected chi connectivity index (χ0v) is 48.5. The van der Waals surface area contributed by atoms with Crippen LogP contribution in [0.25, 0.3) is 21.3 Å². The number of aromatic nitrogens is 2. The first-order valence-electron chi connectivity index (χ1n) is 28.4. The Labute approximate surface area is 494 Å². The van der Waals surface area contributed by atoms with Crippen molar-refractivity contribution >= 4 is 63.2 Å². The summed E-state index contributed by atoms with van der Waals surface area (Å²) in [5.41, 5.74) is 5.48. The largest absolute Gasteiger partial charge is 0.493 e. The number of carbonyl (C=O) groups is 5. The number of nitrogens with zero attached hydrogens (tertiary/aromatic N) is 4. The molecule has 3 aliphatic rings. The molecule has 2 aromatic heterocycles. The maximum Gasteiger partial charge on any atom is 0.255 e. The number of methoxy groups -OCH3 is 1. The normalized spacial score (nSPS) is 16.3. The molecule has 4 N–H and O–H groups in total. The van der Waals surface area contributed by atoms with Gasteiger partial charge in [-0.1, -0.05) is 44.2 Å². The molecule has 0 spiro atoms. The van der Waals surface area contributed by atoms with Gasteiger partial charge in [0.15, 0.2) is 23.1 Å². The van der Waals surface area contributed by atoms with Crippen molar-refractivity contribution in [2.75, 3.05) is 50.7 Å². The lowest BCUT2D eigenvalue weighted by molar-refractivity contribution is -0.143. The van der Waals surface area contributed by atoms with Gasteiger partial charge in [-0.3, -0.25) is 29.0 Å². The summed E-state index contributed by atoms with van der Waals surface area (Å²) in [5, 5.41) is 19.7. The minimum Gasteiger partial charge on any atom is -0.493 e. The standard InChI is InChI=1S/C64H67F2N7O11S/c1-38(2)57(73-35-42-11-5-6-12-47(42)60(73)76)61(77)72-36-46(74)31-51(72)59(75)68-34-41-14-13-40(58-39(3)69-37-85-58)29-54(41)82-27-9-7-25-81-26-8-10-28-83-56-33-50-48(32-55(56)80-4)52(21-24-67-50)84-53-20-19-45(30-49(53)66)71-63(79)64(22-23-64)62(78)70-44-17-15-43(65)16-18-44/h5-6,11-21,24,29-30,32-33,37-38,46,51,57,74H,7-10,22-23,25-28,31,34-36H2,1-4H3,(H,68,75)(H,70,78)(H,71,79)/t46-,51+,57+/m1/s1. The quantitative estimate of drug-likeness (QED) is 0.0293. The zero-order valence-electron chi connectivity index (χ0n) is 47.7. The van der Waals surface area contributed by atoms with Crippen LogP contribution in [0.1, 0.15) is 86.0 Å². The highest BCUT2D eigenvalue weighted by Crippen LogP contribution is 2.48. The summed E-state index contributed by atoms with van der Waals surface area (Å²) in [4.78, 5) is 80.9. The van der Waals surface area contributed by atoms with Gasteiger partial charge in [0.25, 0.3) is 5.91 Å². The molecule has 0 radical (unpaired) electrons. The lowest BCUT2D eigenvalue weighted by atomic mass is 10.0. The molecule has 2 fully saturated rings. The number of anilines is 2. The molecule has 10 rings (SSSR count). The number of thiazole rings is 1. The summed E-state index contributed by atoms with van der Waals surface area (Å²) in [6, 6.07) is 25.7. The number of hydrogen-bond acceptors (Lipinski definition) is 14. The Morgan fingerprint density at radius 1 is 0.788 bits per heavy atom. The molecule has 1 saturated carbocycles. The average Bonchev–Trinajstić information content (AvgIpc) is 2.58. The maximum atomic E-state index is 15.5. The molecule has 21 heteroatoms. The van der Waals surface area contributed by atoms with Crippen LogP contribution < -0.4 is 34.9 Å². The van der Waals surface area contributed by atoms with Crippen molar-refractivity contribution in [3.8, 4) is 39.2 Å². The summed E-state index contributed by atoms with van der Waals surface area (Å²) >= 11 is 1.53. The SMILES string of the molecule is COc1cc2c(Oc3ccc(NC(=O)C4(C(=O)Nc5ccc(F)cc5)CC4)cc3F)ccnc2cc1OCCCCOCCCCOc1cc(-c2scnc2C)ccc1CNC(=O)[C@@H]1C[C@@H](O)CN1C(=O)[C@H](C(C)C)N1Cc2ccccc2C1=O. The van der Waals surface area contributed by atoms with Gasteiger partial charge >= 0.3 is 0 Å². The number of likely N-dealkylation sites (tertiary alicyclic amines) is 1. The Balaban J connectivity index is 0.665. The summed E-state index contributed by atoms with van der Waals surface area (Å²) in [6.45, 7) is 7.92. The van der Waals surface area contributed by atoms with Gasteiger partial charge in [-0.25, -0.2) is 13.8 Å². The van der Waals surface area contributed by atoms with Crippen LogP contribution in [0.3, 0.4) is 0 Å². The summed E-state index contributed by atoms with van der Waals surface area (Å²) in [5.74, 6) is -1.86. The van der Waals surface area contributed by atoms with Crippen LogP contribution in [0, 0.1) is 29.9 Å². The zero-order chi connectivity index (χ0) is 59.8. The second-order valence-corrected chi connectivity index (χ2v) is 22.6. The van der Waals surface area contributed by atoms with E-state index in [0.717, 1.165) is 46.2 Å². The van der Waals surface area contributed by atoms with Crippen LogP contribution in [0.5, 0.6) is 28.7 Å². The molecule has 18 nitrogen and oxygen atoms in total. The molecule has 85 heavy (non-hydrogen) atoms. The Hall–Kier alpha value is -8.53. The van der Waals surface area contributed by atoms with Crippen molar-refractivity contribution < 1.29 is 61.5 Å². The summed E-state index contributed by atoms with van der Waals surface area (Å²) < 4.78 is 59.1. The number of nitrogens with one attached hydrogen (secondary N) is 3. The van der Waals surface area contributed by atoms with E-state index < -0.39 is 53.0 Å². The Morgan fingerprint density at radius 2 is 1.49 bits per heavy atom. The van der Waals surface area contributed by atoms with Gasteiger partial charge in [0, 0.05) is 85.5 Å². The third-order valence-corrected chi connectivity index (χ3v) is 16.4. The Morgan fingerprint density at radius 3 is 2.18 bits per heavy atom. The second-order valence-electron chi connectivity index (χ2n) is 21.8. The van der Waals surface area contributed by atoms with Crippen LogP contribution in [0.2, 0.25) is 0 Å². The van der Waals surface area contributed by atoms with E-state index in [-0.39, 0.29) is 48.7 Å². The van der Waals surface area contributed by atoms with Crippen molar-refractivity contribution in [2.24, 2.45) is 11.3 Å². The number of aliphatic hydroxyl groups excluding tert-OH is 1. The highest BCUT2D eigenvalue weighted by molar-refractivity contribution is 7.13. The summed E-state index contributed by atoms with van der Waals surface area (Å²) in [6.07, 6.45) is 4.21. The molecule has 444 valence electrons. The molecule has 1 aliphatic carbocycles. The topological polar surface area (TPSA) is 220 Å². The smallest absolute Gasteiger partial charge is 0.255 e. The number of halogens is 2. The number of ether oxygens (including phenoxy) is 5. The van der Waals surface area contributed by atoms with E-state index in [2.05, 4.69) is 25.9 Å². The van der Waals surface area contributed by atoms with Gasteiger partial charge in [0.1, 0.15) is 34.8 Å². The molecule has 5 aromatic carbocycles. The molecule has 0 bridgehead atoms. The van der Waals surface area contributed by atoms with E-state index in [1.54, 1.807) is 40.7 Å². The van der Waals surface area contributed by atoms with E-state index in [1.165, 1.54) is 65.9 Å². The Kier molecular flexibility index (Phi) is 18.6. The fourth-order valence-corrected chi connectivity index (χ4v) is 11.5. The van der Waals surface area contributed by atoms with Crippen LogP contribution in [-0.4, -0.2) is 113 Å². The van der Waals surface area contributed by atoms with Crippen molar-refractivity contribution in [2.45, 2.75) is 97.0 Å². The number of amides is 5. The molecule has 0 unspecified atom stereocenters. The fourth-order valence-electron chi connectivity index (χ4n) is 10.7. The fraction of sp³-hybridized carbons (Fsp3) is 0.359. The van der Waals surface area contributed by atoms with E-state index in [0.29, 0.717) is 104 Å². The second kappa shape index (κ2) is 26.6. The van der Waals surface area contributed by atoms with Crippen molar-refractivity contribution in [3.63, 3.8) is 0 Å². The molecule has 7 aromatic rings. The third kappa shape index (κ3) is 13.7. The molecule has 3 atom stereocenters. The third-order valence-electron chi connectivity index (χ3n) is 15.5. The first kappa shape index (κ1) is 59.6. The van der Waals surface area contributed by atoms with E-state index in [9.17, 15) is 33.5 Å². The molecule has 1 saturated heterocycles. The summed E-state index contributed by atoms with van der Waals surface area (Å²) in [7, 11) is 1.52. The number of aryl methyl sites for hydroxylation is 1. The minimum atomic E-state index is -1.32. The van der Waals surface area contributed by atoms with Crippen molar-refractivity contribution in [1.82, 2.24) is 25.1 Å². The number of carbonyl (C=O) groups excluding carboxylic acids is 5. The van der Waals surface area contributed by atoms with Gasteiger partial charge < -0.3 is 54.5 Å². The number of hydrogen-bond donors (Lipinski definition) is 4. The van der Waals surface area contributed by atoms with Gasteiger partial charge in [0.05, 0.1) is 48.0 Å².